The molecule has 0 N–H and O–H groups in total. The molecule has 0 aliphatic rings. The fraction of sp³-hybridized carbons (Fsp3) is 0.125. The predicted molar refractivity (Wildman–Crippen MR) is 86.0 cm³/mol. The van der Waals surface area contributed by atoms with Crippen LogP contribution in [0.25, 0.3) is 17.4 Å². The van der Waals surface area contributed by atoms with Gasteiger partial charge in [0.2, 0.25) is 0 Å². The van der Waals surface area contributed by atoms with Gasteiger partial charge < -0.3 is 9.15 Å². The van der Waals surface area contributed by atoms with Crippen molar-refractivity contribution in [1.29, 1.82) is 5.26 Å². The first-order chi connectivity index (χ1) is 11.5. The fourth-order valence-corrected chi connectivity index (χ4v) is 2.15. The number of non-ortho nitro benzene ring substituents is 1. The molecule has 24 heavy (non-hydrogen) atoms. The average molecular weight is 347 g/mol. The summed E-state index contributed by atoms with van der Waals surface area (Å²) >= 11 is 6.04. The average Bonchev–Trinajstić information content (AvgIpc) is 3.00. The molecule has 0 unspecified atom stereocenters. The van der Waals surface area contributed by atoms with Crippen molar-refractivity contribution < 1.29 is 18.9 Å². The van der Waals surface area contributed by atoms with Crippen molar-refractivity contribution in [3.8, 4) is 17.4 Å². The van der Waals surface area contributed by atoms with Crippen LogP contribution in [0.3, 0.4) is 0 Å². The molecule has 2 aromatic rings. The van der Waals surface area contributed by atoms with Crippen molar-refractivity contribution in [3.05, 3.63) is 56.8 Å². The summed E-state index contributed by atoms with van der Waals surface area (Å²) in [5.74, 6) is -0.141. The SMILES string of the molecule is CCOC(=O)C(C#N)=Cc1ccc(-c2ccc([N+](=O)[O-])cc2Cl)o1. The fourth-order valence-electron chi connectivity index (χ4n) is 1.88. The molecule has 0 bridgehead atoms. The third-order valence-electron chi connectivity index (χ3n) is 2.96. The van der Waals surface area contributed by atoms with Crippen LogP contribution in [-0.4, -0.2) is 17.5 Å². The van der Waals surface area contributed by atoms with Gasteiger partial charge in [-0.25, -0.2) is 4.79 Å². The highest BCUT2D eigenvalue weighted by atomic mass is 35.5. The molecule has 0 saturated heterocycles. The number of ether oxygens (including phenoxy) is 1. The molecular formula is C16H11ClN2O5. The van der Waals surface area contributed by atoms with Gasteiger partial charge in [0.1, 0.15) is 23.2 Å². The van der Waals surface area contributed by atoms with Gasteiger partial charge in [-0.2, -0.15) is 5.26 Å². The maximum atomic E-state index is 11.6. The molecule has 0 amide bonds. The quantitative estimate of drug-likeness (QED) is 0.266. The first kappa shape index (κ1) is 17.2. The van der Waals surface area contributed by atoms with Crippen LogP contribution < -0.4 is 0 Å². The lowest BCUT2D eigenvalue weighted by Crippen LogP contribution is -2.05. The van der Waals surface area contributed by atoms with Crippen LogP contribution in [0.5, 0.6) is 0 Å². The third kappa shape index (κ3) is 3.80. The highest BCUT2D eigenvalue weighted by Gasteiger charge is 2.15. The molecule has 1 aromatic heterocycles. The Balaban J connectivity index is 2.33. The Hall–Kier alpha value is -3.11. The van der Waals surface area contributed by atoms with E-state index in [4.69, 9.17) is 26.0 Å². The van der Waals surface area contributed by atoms with Crippen LogP contribution in [0.15, 0.2) is 40.3 Å². The van der Waals surface area contributed by atoms with E-state index in [2.05, 4.69) is 0 Å². The molecule has 0 saturated carbocycles. The Labute approximate surface area is 141 Å². The highest BCUT2D eigenvalue weighted by molar-refractivity contribution is 6.33. The minimum absolute atomic E-state index is 0.135. The highest BCUT2D eigenvalue weighted by Crippen LogP contribution is 2.32. The van der Waals surface area contributed by atoms with Crippen LogP contribution in [0.1, 0.15) is 12.7 Å². The van der Waals surface area contributed by atoms with Gasteiger partial charge in [0.25, 0.3) is 5.69 Å². The minimum Gasteiger partial charge on any atom is -0.462 e. The molecule has 0 fully saturated rings. The normalized spacial score (nSPS) is 11.0. The zero-order chi connectivity index (χ0) is 17.7. The number of hydrogen-bond acceptors (Lipinski definition) is 6. The number of furan rings is 1. The Kier molecular flexibility index (Phi) is 5.35. The Morgan fingerprint density at radius 1 is 1.46 bits per heavy atom. The second kappa shape index (κ2) is 7.44. The Bertz CT molecular complexity index is 864. The number of nitrogens with zero attached hydrogens (tertiary/aromatic N) is 2. The van der Waals surface area contributed by atoms with E-state index in [1.165, 1.54) is 24.3 Å². The van der Waals surface area contributed by atoms with Crippen molar-refractivity contribution in [2.45, 2.75) is 6.92 Å². The lowest BCUT2D eigenvalue weighted by Gasteiger charge is -2.01. The van der Waals surface area contributed by atoms with Gasteiger partial charge in [-0.15, -0.1) is 0 Å². The summed E-state index contributed by atoms with van der Waals surface area (Å²) in [6.45, 7) is 1.79. The van der Waals surface area contributed by atoms with Gasteiger partial charge in [0.15, 0.2) is 0 Å². The van der Waals surface area contributed by atoms with Crippen molar-refractivity contribution >= 4 is 29.3 Å². The second-order valence-corrected chi connectivity index (χ2v) is 4.92. The third-order valence-corrected chi connectivity index (χ3v) is 3.27. The van der Waals surface area contributed by atoms with Crippen LogP contribution in [0.4, 0.5) is 5.69 Å². The van der Waals surface area contributed by atoms with Crippen LogP contribution in [0, 0.1) is 21.4 Å². The number of carbonyl (C=O) groups excluding carboxylic acids is 1. The summed E-state index contributed by atoms with van der Waals surface area (Å²) in [6.07, 6.45) is 1.25. The van der Waals surface area contributed by atoms with Gasteiger partial charge in [0.05, 0.1) is 16.6 Å². The number of halogens is 1. The van der Waals surface area contributed by atoms with Crippen molar-refractivity contribution in [3.63, 3.8) is 0 Å². The summed E-state index contributed by atoms with van der Waals surface area (Å²) in [7, 11) is 0. The largest absolute Gasteiger partial charge is 0.462 e. The minimum atomic E-state index is -0.744. The molecule has 0 radical (unpaired) electrons. The molecule has 0 atom stereocenters. The first-order valence-electron chi connectivity index (χ1n) is 6.79. The molecule has 1 heterocycles. The number of nitro benzene ring substituents is 1. The van der Waals surface area contributed by atoms with E-state index in [1.54, 1.807) is 25.1 Å². The van der Waals surface area contributed by atoms with E-state index in [-0.39, 0.29) is 28.7 Å². The zero-order valence-electron chi connectivity index (χ0n) is 12.5. The molecule has 2 rings (SSSR count). The van der Waals surface area contributed by atoms with E-state index in [0.717, 1.165) is 0 Å². The van der Waals surface area contributed by atoms with Crippen molar-refractivity contribution in [2.75, 3.05) is 6.61 Å². The Morgan fingerprint density at radius 2 is 2.21 bits per heavy atom. The van der Waals surface area contributed by atoms with Gasteiger partial charge in [-0.1, -0.05) is 11.6 Å². The van der Waals surface area contributed by atoms with Gasteiger partial charge in [-0.05, 0) is 25.1 Å². The maximum absolute atomic E-state index is 11.6. The summed E-state index contributed by atoms with van der Waals surface area (Å²) < 4.78 is 10.3. The lowest BCUT2D eigenvalue weighted by molar-refractivity contribution is -0.384. The van der Waals surface area contributed by atoms with E-state index in [1.807, 2.05) is 0 Å². The molecule has 8 heteroatoms. The number of benzene rings is 1. The lowest BCUT2D eigenvalue weighted by atomic mass is 10.1. The maximum Gasteiger partial charge on any atom is 0.349 e. The number of carbonyl (C=O) groups is 1. The molecule has 0 spiro atoms. The molecule has 1 aromatic carbocycles. The summed E-state index contributed by atoms with van der Waals surface area (Å²) in [5.41, 5.74) is 0.119. The van der Waals surface area contributed by atoms with E-state index < -0.39 is 10.9 Å². The topological polar surface area (TPSA) is 106 Å². The number of rotatable bonds is 5. The molecule has 0 aliphatic carbocycles. The van der Waals surface area contributed by atoms with Gasteiger partial charge in [0, 0.05) is 23.8 Å². The van der Waals surface area contributed by atoms with Gasteiger partial charge in [-0.3, -0.25) is 10.1 Å². The number of hydrogen-bond donors (Lipinski definition) is 0. The molecular weight excluding hydrogens is 336 g/mol. The van der Waals surface area contributed by atoms with Crippen molar-refractivity contribution in [1.82, 2.24) is 0 Å². The Morgan fingerprint density at radius 3 is 2.79 bits per heavy atom. The van der Waals surface area contributed by atoms with E-state index in [0.29, 0.717) is 11.3 Å². The number of nitriles is 1. The smallest absolute Gasteiger partial charge is 0.349 e. The first-order valence-corrected chi connectivity index (χ1v) is 7.17. The molecule has 122 valence electrons. The van der Waals surface area contributed by atoms with Crippen LogP contribution >= 0.6 is 11.6 Å². The summed E-state index contributed by atoms with van der Waals surface area (Å²) in [6, 6.07) is 8.85. The van der Waals surface area contributed by atoms with Gasteiger partial charge >= 0.3 is 5.97 Å². The summed E-state index contributed by atoms with van der Waals surface area (Å²) in [5, 5.41) is 19.9. The van der Waals surface area contributed by atoms with E-state index >= 15 is 0 Å². The monoisotopic (exact) mass is 346 g/mol. The molecule has 0 aliphatic heterocycles. The number of esters is 1. The number of nitro groups is 1. The van der Waals surface area contributed by atoms with Crippen molar-refractivity contribution in [2.24, 2.45) is 0 Å². The summed E-state index contributed by atoms with van der Waals surface area (Å²) in [4.78, 5) is 21.7. The predicted octanol–water partition coefficient (Wildman–Crippen LogP) is 3.98. The van der Waals surface area contributed by atoms with E-state index in [9.17, 15) is 14.9 Å². The van der Waals surface area contributed by atoms with Crippen LogP contribution in [0.2, 0.25) is 5.02 Å². The van der Waals surface area contributed by atoms with Crippen LogP contribution in [-0.2, 0) is 9.53 Å². The standard InChI is InChI=1S/C16H11ClN2O5/c1-2-23-16(20)10(9-18)7-12-4-6-15(24-12)13-5-3-11(19(21)22)8-14(13)17/h3-8H,2H2,1H3. The zero-order valence-corrected chi connectivity index (χ0v) is 13.2. The molecule has 7 nitrogen and oxygen atoms in total. The second-order valence-electron chi connectivity index (χ2n) is 4.51.